The van der Waals surface area contributed by atoms with Crippen LogP contribution < -0.4 is 5.32 Å². The lowest BCUT2D eigenvalue weighted by Gasteiger charge is -2.22. The molecular formula is C12H24N2O4. The van der Waals surface area contributed by atoms with Crippen molar-refractivity contribution < 1.29 is 19.4 Å². The van der Waals surface area contributed by atoms with E-state index in [1.165, 1.54) is 4.90 Å². The highest BCUT2D eigenvalue weighted by atomic mass is 16.5. The van der Waals surface area contributed by atoms with E-state index in [2.05, 4.69) is 5.32 Å². The highest BCUT2D eigenvalue weighted by molar-refractivity contribution is 5.82. The summed E-state index contributed by atoms with van der Waals surface area (Å²) in [4.78, 5) is 24.2. The van der Waals surface area contributed by atoms with Gasteiger partial charge in [-0.25, -0.2) is 9.59 Å². The summed E-state index contributed by atoms with van der Waals surface area (Å²) < 4.78 is 4.89. The summed E-state index contributed by atoms with van der Waals surface area (Å²) in [5, 5.41) is 11.5. The predicted octanol–water partition coefficient (Wildman–Crippen LogP) is 1.16. The molecule has 0 spiro atoms. The van der Waals surface area contributed by atoms with Crippen molar-refractivity contribution in [1.82, 2.24) is 10.2 Å². The van der Waals surface area contributed by atoms with Gasteiger partial charge in [-0.2, -0.15) is 0 Å². The summed E-state index contributed by atoms with van der Waals surface area (Å²) in [6, 6.07) is -1.19. The molecule has 6 nitrogen and oxygen atoms in total. The maximum Gasteiger partial charge on any atom is 0.326 e. The van der Waals surface area contributed by atoms with Gasteiger partial charge in [0.15, 0.2) is 0 Å². The first-order chi connectivity index (χ1) is 8.38. The van der Waals surface area contributed by atoms with Crippen LogP contribution in [0, 0.1) is 5.92 Å². The third-order valence-electron chi connectivity index (χ3n) is 2.49. The van der Waals surface area contributed by atoms with Crippen LogP contribution in [0.15, 0.2) is 0 Å². The van der Waals surface area contributed by atoms with Gasteiger partial charge >= 0.3 is 12.0 Å². The Kier molecular flexibility index (Phi) is 8.11. The normalized spacial score (nSPS) is 12.3. The predicted molar refractivity (Wildman–Crippen MR) is 68.5 cm³/mol. The van der Waals surface area contributed by atoms with E-state index in [4.69, 9.17) is 9.84 Å². The fraction of sp³-hybridized carbons (Fsp3) is 0.833. The summed E-state index contributed by atoms with van der Waals surface area (Å²) >= 11 is 0. The van der Waals surface area contributed by atoms with Crippen LogP contribution in [0.3, 0.4) is 0 Å². The zero-order valence-corrected chi connectivity index (χ0v) is 11.6. The van der Waals surface area contributed by atoms with E-state index in [0.717, 1.165) is 6.42 Å². The Hall–Kier alpha value is -1.30. The summed E-state index contributed by atoms with van der Waals surface area (Å²) in [5.74, 6) is -0.785. The fourth-order valence-electron chi connectivity index (χ4n) is 1.50. The van der Waals surface area contributed by atoms with Gasteiger partial charge in [0.1, 0.15) is 6.04 Å². The minimum absolute atomic E-state index is 0.213. The summed E-state index contributed by atoms with van der Waals surface area (Å²) in [5.41, 5.74) is 0. The minimum Gasteiger partial charge on any atom is -0.480 e. The van der Waals surface area contributed by atoms with Crippen molar-refractivity contribution in [1.29, 1.82) is 0 Å². The summed E-state index contributed by atoms with van der Waals surface area (Å²) in [6.45, 7) is 4.95. The maximum absolute atomic E-state index is 11.7. The zero-order valence-electron chi connectivity index (χ0n) is 11.6. The monoisotopic (exact) mass is 260 g/mol. The topological polar surface area (TPSA) is 78.9 Å². The number of rotatable bonds is 8. The van der Waals surface area contributed by atoms with Crippen LogP contribution in [0.1, 0.15) is 26.7 Å². The zero-order chi connectivity index (χ0) is 14.1. The van der Waals surface area contributed by atoms with E-state index >= 15 is 0 Å². The molecule has 0 aromatic rings. The number of carboxylic acids is 1. The maximum atomic E-state index is 11.7. The van der Waals surface area contributed by atoms with E-state index in [1.54, 1.807) is 14.2 Å². The molecule has 6 heteroatoms. The molecule has 0 bridgehead atoms. The highest BCUT2D eigenvalue weighted by Gasteiger charge is 2.22. The average Bonchev–Trinajstić information content (AvgIpc) is 2.27. The second-order valence-electron chi connectivity index (χ2n) is 4.74. The molecular weight excluding hydrogens is 236 g/mol. The van der Waals surface area contributed by atoms with E-state index in [1.807, 2.05) is 13.8 Å². The Balaban J connectivity index is 4.19. The number of hydrogen-bond acceptors (Lipinski definition) is 3. The van der Waals surface area contributed by atoms with Crippen LogP contribution in [0.5, 0.6) is 0 Å². The molecule has 0 radical (unpaired) electrons. The molecule has 18 heavy (non-hydrogen) atoms. The standard InChI is InChI=1S/C12H24N2O4/c1-9(2)8-10(11(15)16)13-12(17)14(3)6-5-7-18-4/h9-10H,5-8H2,1-4H3,(H,13,17)(H,15,16)/t10-/m0/s1. The number of hydrogen-bond donors (Lipinski definition) is 2. The number of urea groups is 1. The third-order valence-corrected chi connectivity index (χ3v) is 2.49. The molecule has 0 unspecified atom stereocenters. The average molecular weight is 260 g/mol. The SMILES string of the molecule is COCCCN(C)C(=O)N[C@@H](CC(C)C)C(=O)O. The number of carboxylic acid groups (broad SMARTS) is 1. The molecule has 0 rings (SSSR count). The molecule has 2 amide bonds. The number of nitrogens with zero attached hydrogens (tertiary/aromatic N) is 1. The van der Waals surface area contributed by atoms with Crippen molar-refractivity contribution in [3.63, 3.8) is 0 Å². The molecule has 0 saturated heterocycles. The van der Waals surface area contributed by atoms with Crippen LogP contribution in [-0.2, 0) is 9.53 Å². The second-order valence-corrected chi connectivity index (χ2v) is 4.74. The second kappa shape index (κ2) is 8.74. The summed E-state index contributed by atoms with van der Waals surface area (Å²) in [6.07, 6.45) is 1.15. The molecule has 0 aliphatic carbocycles. The number of methoxy groups -OCH3 is 1. The molecule has 106 valence electrons. The van der Waals surface area contributed by atoms with Crippen LogP contribution in [0.2, 0.25) is 0 Å². The van der Waals surface area contributed by atoms with Gasteiger partial charge in [0, 0.05) is 27.3 Å². The number of carbonyl (C=O) groups is 2. The van der Waals surface area contributed by atoms with Crippen molar-refractivity contribution >= 4 is 12.0 Å². The number of aliphatic carboxylic acids is 1. The third kappa shape index (κ3) is 7.11. The van der Waals surface area contributed by atoms with Crippen LogP contribution in [0.4, 0.5) is 4.79 Å². The smallest absolute Gasteiger partial charge is 0.326 e. The van der Waals surface area contributed by atoms with Crippen LogP contribution >= 0.6 is 0 Å². The summed E-state index contributed by atoms with van der Waals surface area (Å²) in [7, 11) is 3.24. The molecule has 1 atom stereocenters. The molecule has 0 aliphatic heterocycles. The molecule has 0 aliphatic rings. The first-order valence-electron chi connectivity index (χ1n) is 6.11. The van der Waals surface area contributed by atoms with E-state index in [0.29, 0.717) is 19.6 Å². The Morgan fingerprint density at radius 2 is 2.00 bits per heavy atom. The first kappa shape index (κ1) is 16.7. The van der Waals surface area contributed by atoms with Crippen LogP contribution in [-0.4, -0.2) is 55.4 Å². The van der Waals surface area contributed by atoms with Gasteiger partial charge < -0.3 is 20.1 Å². The molecule has 0 aromatic carbocycles. The Morgan fingerprint density at radius 1 is 1.39 bits per heavy atom. The first-order valence-corrected chi connectivity index (χ1v) is 6.11. The van der Waals surface area contributed by atoms with Crippen molar-refractivity contribution in [2.24, 2.45) is 5.92 Å². The molecule has 0 heterocycles. The Labute approximate surface area is 108 Å². The Bertz CT molecular complexity index is 269. The van der Waals surface area contributed by atoms with Gasteiger partial charge in [-0.3, -0.25) is 0 Å². The highest BCUT2D eigenvalue weighted by Crippen LogP contribution is 2.05. The molecule has 0 saturated carbocycles. The van der Waals surface area contributed by atoms with Gasteiger partial charge in [0.25, 0.3) is 0 Å². The van der Waals surface area contributed by atoms with Gasteiger partial charge in [-0.1, -0.05) is 13.8 Å². The van der Waals surface area contributed by atoms with Crippen molar-refractivity contribution in [3.8, 4) is 0 Å². The molecule has 2 N–H and O–H groups in total. The fourth-order valence-corrected chi connectivity index (χ4v) is 1.50. The van der Waals surface area contributed by atoms with Gasteiger partial charge in [-0.15, -0.1) is 0 Å². The minimum atomic E-state index is -0.998. The van der Waals surface area contributed by atoms with Gasteiger partial charge in [0.05, 0.1) is 0 Å². The van der Waals surface area contributed by atoms with E-state index in [9.17, 15) is 9.59 Å². The number of amides is 2. The number of carbonyl (C=O) groups excluding carboxylic acids is 1. The lowest BCUT2D eigenvalue weighted by Crippen LogP contribution is -2.47. The lowest BCUT2D eigenvalue weighted by molar-refractivity contribution is -0.139. The molecule has 0 aromatic heterocycles. The van der Waals surface area contributed by atoms with E-state index < -0.39 is 12.0 Å². The number of nitrogens with one attached hydrogen (secondary N) is 1. The number of ether oxygens (including phenoxy) is 1. The van der Waals surface area contributed by atoms with Crippen LogP contribution in [0.25, 0.3) is 0 Å². The van der Waals surface area contributed by atoms with E-state index in [-0.39, 0.29) is 11.9 Å². The van der Waals surface area contributed by atoms with Crippen molar-refractivity contribution in [3.05, 3.63) is 0 Å². The Morgan fingerprint density at radius 3 is 2.44 bits per heavy atom. The largest absolute Gasteiger partial charge is 0.480 e. The lowest BCUT2D eigenvalue weighted by atomic mass is 10.0. The quantitative estimate of drug-likeness (QED) is 0.642. The van der Waals surface area contributed by atoms with Crippen molar-refractivity contribution in [2.75, 3.05) is 27.3 Å². The van der Waals surface area contributed by atoms with Gasteiger partial charge in [-0.05, 0) is 18.8 Å². The van der Waals surface area contributed by atoms with Crippen molar-refractivity contribution in [2.45, 2.75) is 32.7 Å². The molecule has 0 fully saturated rings. The van der Waals surface area contributed by atoms with Gasteiger partial charge in [0.2, 0.25) is 0 Å².